The minimum absolute atomic E-state index is 0.181. The van der Waals surface area contributed by atoms with E-state index < -0.39 is 10.0 Å². The van der Waals surface area contributed by atoms with Crippen LogP contribution in [0.25, 0.3) is 10.9 Å². The molecule has 0 spiro atoms. The lowest BCUT2D eigenvalue weighted by atomic mass is 10.2. The predicted molar refractivity (Wildman–Crippen MR) is 121 cm³/mol. The summed E-state index contributed by atoms with van der Waals surface area (Å²) in [4.78, 5) is 13.2. The second-order valence-electron chi connectivity index (χ2n) is 7.19. The summed E-state index contributed by atoms with van der Waals surface area (Å²) in [6.45, 7) is 0.888. The highest BCUT2D eigenvalue weighted by molar-refractivity contribution is 7.89. The molecule has 3 aromatic carbocycles. The summed E-state index contributed by atoms with van der Waals surface area (Å²) < 4.78 is 28.0. The lowest BCUT2D eigenvalue weighted by molar-refractivity contribution is 0.0942. The van der Waals surface area contributed by atoms with E-state index in [1.165, 1.54) is 19.2 Å². The van der Waals surface area contributed by atoms with E-state index in [1.54, 1.807) is 12.1 Å². The number of hydrogen-bond acceptors (Lipinski definition) is 3. The maximum absolute atomic E-state index is 13.0. The van der Waals surface area contributed by atoms with Gasteiger partial charge in [-0.05, 0) is 42.4 Å². The Morgan fingerprint density at radius 2 is 1.55 bits per heavy atom. The van der Waals surface area contributed by atoms with E-state index in [1.807, 2.05) is 65.2 Å². The Morgan fingerprint density at radius 3 is 2.26 bits per heavy atom. The van der Waals surface area contributed by atoms with E-state index in [9.17, 15) is 13.2 Å². The van der Waals surface area contributed by atoms with Crippen LogP contribution in [-0.2, 0) is 23.1 Å². The summed E-state index contributed by atoms with van der Waals surface area (Å²) in [5.41, 5.74) is 3.51. The van der Waals surface area contributed by atoms with E-state index >= 15 is 0 Å². The molecule has 0 aliphatic carbocycles. The number of amides is 1. The molecule has 0 unspecified atom stereocenters. The lowest BCUT2D eigenvalue weighted by Gasteiger charge is -2.12. The second kappa shape index (κ2) is 8.75. The molecule has 0 aliphatic heterocycles. The number of carbonyl (C=O) groups is 1. The summed E-state index contributed by atoms with van der Waals surface area (Å²) in [7, 11) is -2.11. The van der Waals surface area contributed by atoms with Crippen molar-refractivity contribution in [3.05, 3.63) is 102 Å². The molecular formula is C24H23N3O3S. The van der Waals surface area contributed by atoms with Gasteiger partial charge in [-0.25, -0.2) is 13.1 Å². The van der Waals surface area contributed by atoms with Gasteiger partial charge in [0.25, 0.3) is 5.91 Å². The van der Waals surface area contributed by atoms with Gasteiger partial charge in [-0.1, -0.05) is 60.7 Å². The molecule has 6 nitrogen and oxygen atoms in total. The van der Waals surface area contributed by atoms with Gasteiger partial charge >= 0.3 is 0 Å². The van der Waals surface area contributed by atoms with Crippen molar-refractivity contribution in [2.75, 3.05) is 7.05 Å². The fourth-order valence-electron chi connectivity index (χ4n) is 3.51. The average Bonchev–Trinajstić information content (AvgIpc) is 3.17. The van der Waals surface area contributed by atoms with Crippen molar-refractivity contribution in [1.82, 2.24) is 14.6 Å². The SMILES string of the molecule is CNS(=O)(=O)c1ccc(CNC(=O)c2cc3ccccc3n2Cc2ccccc2)cc1. The van der Waals surface area contributed by atoms with Crippen LogP contribution in [0.5, 0.6) is 0 Å². The van der Waals surface area contributed by atoms with Crippen molar-refractivity contribution in [2.24, 2.45) is 0 Å². The molecule has 7 heteroatoms. The number of rotatable bonds is 7. The molecule has 0 saturated carbocycles. The Balaban J connectivity index is 1.56. The standard InChI is InChI=1S/C24H23N3O3S/c1-25-31(29,30)21-13-11-18(12-14-21)16-26-24(28)23-15-20-9-5-6-10-22(20)27(23)17-19-7-3-2-4-8-19/h2-15,25H,16-17H2,1H3,(H,26,28). The zero-order valence-electron chi connectivity index (χ0n) is 17.1. The van der Waals surface area contributed by atoms with Crippen LogP contribution >= 0.6 is 0 Å². The average molecular weight is 434 g/mol. The minimum Gasteiger partial charge on any atom is -0.347 e. The number of carbonyl (C=O) groups excluding carboxylic acids is 1. The second-order valence-corrected chi connectivity index (χ2v) is 9.08. The van der Waals surface area contributed by atoms with Gasteiger partial charge < -0.3 is 9.88 Å². The van der Waals surface area contributed by atoms with Gasteiger partial charge in [0.1, 0.15) is 5.69 Å². The third-order valence-corrected chi connectivity index (χ3v) is 6.61. The molecule has 1 heterocycles. The smallest absolute Gasteiger partial charge is 0.268 e. The zero-order valence-corrected chi connectivity index (χ0v) is 17.9. The van der Waals surface area contributed by atoms with Gasteiger partial charge in [0.05, 0.1) is 4.90 Å². The minimum atomic E-state index is -3.48. The highest BCUT2D eigenvalue weighted by atomic mass is 32.2. The van der Waals surface area contributed by atoms with E-state index in [4.69, 9.17) is 0 Å². The third-order valence-electron chi connectivity index (χ3n) is 5.18. The van der Waals surface area contributed by atoms with E-state index in [-0.39, 0.29) is 10.8 Å². The summed E-state index contributed by atoms with van der Waals surface area (Å²) >= 11 is 0. The number of nitrogens with zero attached hydrogens (tertiary/aromatic N) is 1. The van der Waals surface area contributed by atoms with Crippen molar-refractivity contribution in [3.63, 3.8) is 0 Å². The molecule has 4 rings (SSSR count). The topological polar surface area (TPSA) is 80.2 Å². The Morgan fingerprint density at radius 1 is 0.871 bits per heavy atom. The number of sulfonamides is 1. The quantitative estimate of drug-likeness (QED) is 0.468. The molecule has 0 saturated heterocycles. The summed E-state index contributed by atoms with van der Waals surface area (Å²) in [6.07, 6.45) is 0. The van der Waals surface area contributed by atoms with Crippen LogP contribution in [0.2, 0.25) is 0 Å². The molecule has 31 heavy (non-hydrogen) atoms. The molecule has 1 amide bonds. The summed E-state index contributed by atoms with van der Waals surface area (Å²) in [6, 6.07) is 26.3. The van der Waals surface area contributed by atoms with Crippen LogP contribution in [0, 0.1) is 0 Å². The molecule has 4 aromatic rings. The molecule has 0 aliphatic rings. The fraction of sp³-hybridized carbons (Fsp3) is 0.125. The van der Waals surface area contributed by atoms with Crippen LogP contribution < -0.4 is 10.0 Å². The maximum atomic E-state index is 13.0. The fourth-order valence-corrected chi connectivity index (χ4v) is 4.24. The van der Waals surface area contributed by atoms with Crippen LogP contribution in [0.15, 0.2) is 89.8 Å². The molecule has 0 bridgehead atoms. The number of nitrogens with one attached hydrogen (secondary N) is 2. The van der Waals surface area contributed by atoms with Crippen LogP contribution in [-0.4, -0.2) is 25.9 Å². The summed E-state index contributed by atoms with van der Waals surface area (Å²) in [5.74, 6) is -0.181. The van der Waals surface area contributed by atoms with Gasteiger partial charge in [0, 0.05) is 24.0 Å². The van der Waals surface area contributed by atoms with Crippen molar-refractivity contribution < 1.29 is 13.2 Å². The molecule has 0 fully saturated rings. The molecule has 1 aromatic heterocycles. The number of hydrogen-bond donors (Lipinski definition) is 2. The Labute approximate surface area is 181 Å². The largest absolute Gasteiger partial charge is 0.347 e. The summed E-state index contributed by atoms with van der Waals surface area (Å²) in [5, 5.41) is 3.95. The molecule has 2 N–H and O–H groups in total. The van der Waals surface area contributed by atoms with Gasteiger partial charge in [-0.15, -0.1) is 0 Å². The third kappa shape index (κ3) is 4.52. The van der Waals surface area contributed by atoms with Crippen LogP contribution in [0.4, 0.5) is 0 Å². The first-order chi connectivity index (χ1) is 15.0. The van der Waals surface area contributed by atoms with Crippen LogP contribution in [0.3, 0.4) is 0 Å². The van der Waals surface area contributed by atoms with Gasteiger partial charge in [0.15, 0.2) is 0 Å². The van der Waals surface area contributed by atoms with Gasteiger partial charge in [-0.2, -0.15) is 0 Å². The lowest BCUT2D eigenvalue weighted by Crippen LogP contribution is -2.25. The Hall–Kier alpha value is -3.42. The number of benzene rings is 3. The van der Waals surface area contributed by atoms with Crippen molar-refractivity contribution in [1.29, 1.82) is 0 Å². The van der Waals surface area contributed by atoms with Crippen LogP contribution in [0.1, 0.15) is 21.6 Å². The predicted octanol–water partition coefficient (Wildman–Crippen LogP) is 3.53. The van der Waals surface area contributed by atoms with E-state index in [0.29, 0.717) is 18.8 Å². The monoisotopic (exact) mass is 433 g/mol. The van der Waals surface area contributed by atoms with Gasteiger partial charge in [-0.3, -0.25) is 4.79 Å². The molecular weight excluding hydrogens is 410 g/mol. The van der Waals surface area contributed by atoms with Crippen molar-refractivity contribution in [3.8, 4) is 0 Å². The maximum Gasteiger partial charge on any atom is 0.268 e. The highest BCUT2D eigenvalue weighted by Gasteiger charge is 2.16. The van der Waals surface area contributed by atoms with Gasteiger partial charge in [0.2, 0.25) is 10.0 Å². The number of aromatic nitrogens is 1. The van der Waals surface area contributed by atoms with E-state index in [2.05, 4.69) is 10.0 Å². The van der Waals surface area contributed by atoms with E-state index in [0.717, 1.165) is 22.0 Å². The first kappa shape index (κ1) is 20.8. The highest BCUT2D eigenvalue weighted by Crippen LogP contribution is 2.21. The number of fused-ring (bicyclic) bond motifs is 1. The zero-order chi connectivity index (χ0) is 21.8. The number of para-hydroxylation sites is 1. The Bertz CT molecular complexity index is 1310. The first-order valence-corrected chi connectivity index (χ1v) is 11.4. The molecule has 158 valence electrons. The molecule has 0 atom stereocenters. The Kier molecular flexibility index (Phi) is 5.88. The first-order valence-electron chi connectivity index (χ1n) is 9.91. The van der Waals surface area contributed by atoms with Crippen molar-refractivity contribution in [2.45, 2.75) is 18.0 Å². The van der Waals surface area contributed by atoms with Crippen molar-refractivity contribution >= 4 is 26.8 Å². The normalized spacial score (nSPS) is 11.5. The molecule has 0 radical (unpaired) electrons.